The number of nitrogens with one attached hydrogen (secondary N) is 1. The first-order chi connectivity index (χ1) is 10.4. The molecule has 4 heteroatoms. The minimum absolute atomic E-state index is 0.307. The molecule has 0 spiro atoms. The van der Waals surface area contributed by atoms with Crippen molar-refractivity contribution in [2.75, 3.05) is 13.2 Å². The number of aromatic nitrogens is 2. The van der Waals surface area contributed by atoms with Crippen molar-refractivity contribution in [3.05, 3.63) is 48.5 Å². The van der Waals surface area contributed by atoms with Gasteiger partial charge >= 0.3 is 0 Å². The molecule has 0 radical (unpaired) electrons. The number of nitrogens with zero attached hydrogens (tertiary/aromatic N) is 2. The fourth-order valence-corrected chi connectivity index (χ4v) is 2.10. The summed E-state index contributed by atoms with van der Waals surface area (Å²) in [6.07, 6.45) is 13.1. The zero-order chi connectivity index (χ0) is 14.8. The van der Waals surface area contributed by atoms with Gasteiger partial charge < -0.3 is 14.6 Å². The molecule has 0 aliphatic carbocycles. The molecule has 2 aromatic rings. The second kappa shape index (κ2) is 8.83. The largest absolute Gasteiger partial charge is 0.481 e. The Balaban J connectivity index is 1.65. The molecule has 4 nitrogen and oxygen atoms in total. The molecule has 110 valence electrons. The second-order valence-corrected chi connectivity index (χ2v) is 4.78. The highest BCUT2D eigenvalue weighted by molar-refractivity contribution is 5.33. The van der Waals surface area contributed by atoms with Crippen LogP contribution in [0.3, 0.4) is 0 Å². The van der Waals surface area contributed by atoms with E-state index in [-0.39, 0.29) is 0 Å². The van der Waals surface area contributed by atoms with Crippen LogP contribution in [0.2, 0.25) is 0 Å². The number of ether oxygens (including phenoxy) is 1. The van der Waals surface area contributed by atoms with Gasteiger partial charge in [-0.2, -0.15) is 0 Å². The van der Waals surface area contributed by atoms with E-state index in [2.05, 4.69) is 26.9 Å². The van der Waals surface area contributed by atoms with E-state index in [9.17, 15) is 0 Å². The van der Waals surface area contributed by atoms with Crippen LogP contribution in [0.5, 0.6) is 5.75 Å². The first-order valence-corrected chi connectivity index (χ1v) is 7.21. The molecule has 0 amide bonds. The van der Waals surface area contributed by atoms with E-state index in [1.54, 1.807) is 0 Å². The van der Waals surface area contributed by atoms with Crippen LogP contribution < -0.4 is 10.1 Å². The van der Waals surface area contributed by atoms with Crippen molar-refractivity contribution in [1.29, 1.82) is 0 Å². The Kier molecular flexibility index (Phi) is 6.37. The summed E-state index contributed by atoms with van der Waals surface area (Å²) in [4.78, 5) is 4.03. The van der Waals surface area contributed by atoms with Gasteiger partial charge in [0.25, 0.3) is 0 Å². The maximum atomic E-state index is 5.53. The average molecular weight is 283 g/mol. The molecule has 0 bridgehead atoms. The lowest BCUT2D eigenvalue weighted by atomic mass is 10.2. The van der Waals surface area contributed by atoms with Gasteiger partial charge in [0.05, 0.1) is 6.33 Å². The van der Waals surface area contributed by atoms with E-state index in [1.165, 1.54) is 0 Å². The van der Waals surface area contributed by atoms with Gasteiger partial charge in [0.2, 0.25) is 0 Å². The Labute approximate surface area is 126 Å². The molecule has 0 atom stereocenters. The quantitative estimate of drug-likeness (QED) is 0.567. The number of benzene rings is 1. The Bertz CT molecular complexity index is 558. The van der Waals surface area contributed by atoms with E-state index in [0.29, 0.717) is 6.61 Å². The molecule has 1 aromatic carbocycles. The number of para-hydroxylation sites is 1. The van der Waals surface area contributed by atoms with Crippen molar-refractivity contribution in [2.24, 2.45) is 0 Å². The lowest BCUT2D eigenvalue weighted by molar-refractivity contribution is 0.364. The minimum Gasteiger partial charge on any atom is -0.481 e. The van der Waals surface area contributed by atoms with Crippen LogP contribution in [0.1, 0.15) is 18.4 Å². The number of hydrogen-bond acceptors (Lipinski definition) is 3. The average Bonchev–Trinajstić information content (AvgIpc) is 3.03. The smallest absolute Gasteiger partial charge is 0.148 e. The molecule has 21 heavy (non-hydrogen) atoms. The number of hydrogen-bond donors (Lipinski definition) is 1. The summed E-state index contributed by atoms with van der Waals surface area (Å²) in [6.45, 7) is 3.11. The first-order valence-electron chi connectivity index (χ1n) is 7.21. The number of unbranched alkanes of at least 4 members (excludes halogenated alkanes) is 1. The third kappa shape index (κ3) is 5.33. The first kappa shape index (κ1) is 15.1. The molecule has 2 rings (SSSR count). The monoisotopic (exact) mass is 283 g/mol. The Morgan fingerprint density at radius 3 is 3.00 bits per heavy atom. The summed E-state index contributed by atoms with van der Waals surface area (Å²) in [5.74, 6) is 3.35. The van der Waals surface area contributed by atoms with Gasteiger partial charge in [-0.05, 0) is 25.5 Å². The number of imidazole rings is 1. The third-order valence-corrected chi connectivity index (χ3v) is 3.18. The highest BCUT2D eigenvalue weighted by Crippen LogP contribution is 2.17. The maximum absolute atomic E-state index is 5.53. The number of terminal acetylenes is 1. The summed E-state index contributed by atoms with van der Waals surface area (Å²) < 4.78 is 7.63. The summed E-state index contributed by atoms with van der Waals surface area (Å²) in [5.41, 5.74) is 1.14. The molecule has 1 heterocycles. The van der Waals surface area contributed by atoms with Gasteiger partial charge in [0.1, 0.15) is 12.4 Å². The van der Waals surface area contributed by atoms with E-state index in [1.807, 2.05) is 36.9 Å². The van der Waals surface area contributed by atoms with Crippen LogP contribution in [-0.4, -0.2) is 22.7 Å². The van der Waals surface area contributed by atoms with Crippen LogP contribution >= 0.6 is 0 Å². The van der Waals surface area contributed by atoms with Crippen LogP contribution in [0.15, 0.2) is 43.0 Å². The minimum atomic E-state index is 0.307. The van der Waals surface area contributed by atoms with Gasteiger partial charge in [-0.15, -0.1) is 6.42 Å². The highest BCUT2D eigenvalue weighted by Gasteiger charge is 2.01. The number of aryl methyl sites for hydroxylation is 1. The van der Waals surface area contributed by atoms with Crippen molar-refractivity contribution in [1.82, 2.24) is 14.9 Å². The summed E-state index contributed by atoms with van der Waals surface area (Å²) in [6, 6.07) is 7.98. The molecule has 1 aromatic heterocycles. The predicted molar refractivity (Wildman–Crippen MR) is 83.9 cm³/mol. The topological polar surface area (TPSA) is 39.1 Å². The molecular formula is C17H21N3O. The zero-order valence-corrected chi connectivity index (χ0v) is 12.2. The fourth-order valence-electron chi connectivity index (χ4n) is 2.10. The molecule has 0 fully saturated rings. The van der Waals surface area contributed by atoms with Crippen molar-refractivity contribution in [3.63, 3.8) is 0 Å². The summed E-state index contributed by atoms with van der Waals surface area (Å²) >= 11 is 0. The zero-order valence-electron chi connectivity index (χ0n) is 12.2. The summed E-state index contributed by atoms with van der Waals surface area (Å²) in [7, 11) is 0. The fraction of sp³-hybridized carbons (Fsp3) is 0.353. The van der Waals surface area contributed by atoms with Gasteiger partial charge in [0.15, 0.2) is 0 Å². The molecule has 0 unspecified atom stereocenters. The highest BCUT2D eigenvalue weighted by atomic mass is 16.5. The Morgan fingerprint density at radius 2 is 2.19 bits per heavy atom. The second-order valence-electron chi connectivity index (χ2n) is 4.78. The Morgan fingerprint density at radius 1 is 1.29 bits per heavy atom. The van der Waals surface area contributed by atoms with E-state index < -0.39 is 0 Å². The third-order valence-electron chi connectivity index (χ3n) is 3.18. The van der Waals surface area contributed by atoms with Gasteiger partial charge in [-0.3, -0.25) is 0 Å². The molecule has 1 N–H and O–H groups in total. The van der Waals surface area contributed by atoms with Crippen molar-refractivity contribution in [2.45, 2.75) is 25.9 Å². The van der Waals surface area contributed by atoms with Gasteiger partial charge in [-0.1, -0.05) is 24.1 Å². The molecule has 0 aliphatic heterocycles. The predicted octanol–water partition coefficient (Wildman–Crippen LogP) is 2.47. The van der Waals surface area contributed by atoms with E-state index >= 15 is 0 Å². The Hall–Kier alpha value is -2.25. The molecule has 0 aliphatic rings. The van der Waals surface area contributed by atoms with Gasteiger partial charge in [-0.25, -0.2) is 4.98 Å². The van der Waals surface area contributed by atoms with Crippen LogP contribution in [0, 0.1) is 12.3 Å². The van der Waals surface area contributed by atoms with Crippen LogP contribution in [0.4, 0.5) is 0 Å². The normalized spacial score (nSPS) is 10.2. The van der Waals surface area contributed by atoms with Crippen molar-refractivity contribution >= 4 is 0 Å². The number of rotatable bonds is 9. The lowest BCUT2D eigenvalue weighted by Crippen LogP contribution is -2.16. The van der Waals surface area contributed by atoms with Crippen LogP contribution in [-0.2, 0) is 13.1 Å². The summed E-state index contributed by atoms with van der Waals surface area (Å²) in [5, 5.41) is 3.44. The maximum Gasteiger partial charge on any atom is 0.148 e. The molecular weight excluding hydrogens is 262 g/mol. The van der Waals surface area contributed by atoms with Crippen molar-refractivity contribution < 1.29 is 4.74 Å². The van der Waals surface area contributed by atoms with E-state index in [4.69, 9.17) is 11.2 Å². The lowest BCUT2D eigenvalue weighted by Gasteiger charge is -2.10. The van der Waals surface area contributed by atoms with Crippen molar-refractivity contribution in [3.8, 4) is 18.1 Å². The van der Waals surface area contributed by atoms with Gasteiger partial charge in [0, 0.05) is 31.0 Å². The SMILES string of the molecule is C#CCOc1ccccc1CNCCCCn1ccnc1. The van der Waals surface area contributed by atoms with Crippen LogP contribution in [0.25, 0.3) is 0 Å². The molecule has 0 saturated carbocycles. The van der Waals surface area contributed by atoms with E-state index in [0.717, 1.165) is 43.8 Å². The molecule has 0 saturated heterocycles. The standard InChI is InChI=1S/C17H21N3O/c1-2-13-21-17-8-4-3-7-16(17)14-18-9-5-6-11-20-12-10-19-15-20/h1,3-4,7-8,10,12,15,18H,5-6,9,11,13-14H2.